The molecular weight excluding hydrogens is 312 g/mol. The van der Waals surface area contributed by atoms with E-state index in [0.29, 0.717) is 5.56 Å². The molecule has 2 rings (SSSR count). The second-order valence-electron chi connectivity index (χ2n) is 4.25. The molecule has 8 heteroatoms. The number of ether oxygens (including phenoxy) is 1. The summed E-state index contributed by atoms with van der Waals surface area (Å²) in [7, 11) is -2.57. The SMILES string of the molecule is COC(=O)c1scc(C)c1S(=O)(=O)NCc1ccncc1. The lowest BCUT2D eigenvalue weighted by atomic mass is 10.3. The fourth-order valence-corrected chi connectivity index (χ4v) is 4.47. The Kier molecular flexibility index (Phi) is 4.71. The van der Waals surface area contributed by atoms with Gasteiger partial charge in [0.25, 0.3) is 0 Å². The molecule has 0 spiro atoms. The summed E-state index contributed by atoms with van der Waals surface area (Å²) in [6.45, 7) is 1.77. The van der Waals surface area contributed by atoms with Crippen molar-refractivity contribution in [3.05, 3.63) is 45.9 Å². The Balaban J connectivity index is 2.28. The molecule has 6 nitrogen and oxygen atoms in total. The van der Waals surface area contributed by atoms with Gasteiger partial charge in [0.15, 0.2) is 0 Å². The first-order valence-electron chi connectivity index (χ1n) is 6.00. The fraction of sp³-hybridized carbons (Fsp3) is 0.231. The van der Waals surface area contributed by atoms with Crippen LogP contribution in [0.1, 0.15) is 20.8 Å². The molecule has 0 amide bonds. The second-order valence-corrected chi connectivity index (χ2v) is 6.83. The van der Waals surface area contributed by atoms with E-state index >= 15 is 0 Å². The minimum atomic E-state index is -3.79. The van der Waals surface area contributed by atoms with Crippen LogP contribution in [0.3, 0.4) is 0 Å². The molecule has 2 aromatic heterocycles. The maximum Gasteiger partial charge on any atom is 0.349 e. The summed E-state index contributed by atoms with van der Waals surface area (Å²) >= 11 is 1.05. The summed E-state index contributed by atoms with van der Waals surface area (Å²) < 4.78 is 31.9. The summed E-state index contributed by atoms with van der Waals surface area (Å²) in [5.74, 6) is -0.655. The highest BCUT2D eigenvalue weighted by molar-refractivity contribution is 7.89. The molecule has 0 bridgehead atoms. The standard InChI is InChI=1S/C13H14N2O4S2/c1-9-8-20-11(13(16)19-2)12(9)21(17,18)15-7-10-3-5-14-6-4-10/h3-6,8,15H,7H2,1-2H3. The Bertz CT molecular complexity index is 739. The van der Waals surface area contributed by atoms with Gasteiger partial charge < -0.3 is 4.74 Å². The van der Waals surface area contributed by atoms with Gasteiger partial charge in [-0.15, -0.1) is 11.3 Å². The highest BCUT2D eigenvalue weighted by atomic mass is 32.2. The van der Waals surface area contributed by atoms with Gasteiger partial charge in [-0.2, -0.15) is 0 Å². The number of nitrogens with one attached hydrogen (secondary N) is 1. The Morgan fingerprint density at radius 2 is 2.05 bits per heavy atom. The van der Waals surface area contributed by atoms with Gasteiger partial charge in [0, 0.05) is 18.9 Å². The molecule has 0 unspecified atom stereocenters. The second kappa shape index (κ2) is 6.33. The van der Waals surface area contributed by atoms with Gasteiger partial charge in [0.1, 0.15) is 9.77 Å². The van der Waals surface area contributed by atoms with E-state index in [0.717, 1.165) is 16.9 Å². The lowest BCUT2D eigenvalue weighted by molar-refractivity contribution is 0.0602. The van der Waals surface area contributed by atoms with E-state index in [4.69, 9.17) is 0 Å². The molecule has 0 aliphatic rings. The van der Waals surface area contributed by atoms with Crippen LogP contribution in [0.5, 0.6) is 0 Å². The smallest absolute Gasteiger partial charge is 0.349 e. The van der Waals surface area contributed by atoms with Crippen LogP contribution in [0.2, 0.25) is 0 Å². The number of carbonyl (C=O) groups excluding carboxylic acids is 1. The number of thiophene rings is 1. The number of nitrogens with zero attached hydrogens (tertiary/aromatic N) is 1. The van der Waals surface area contributed by atoms with E-state index in [-0.39, 0.29) is 16.3 Å². The molecule has 21 heavy (non-hydrogen) atoms. The van der Waals surface area contributed by atoms with Crippen molar-refractivity contribution >= 4 is 27.3 Å². The zero-order valence-electron chi connectivity index (χ0n) is 11.5. The first kappa shape index (κ1) is 15.6. The van der Waals surface area contributed by atoms with Crippen molar-refractivity contribution in [3.63, 3.8) is 0 Å². The predicted octanol–water partition coefficient (Wildman–Crippen LogP) is 1.72. The fourth-order valence-electron chi connectivity index (χ4n) is 1.75. The van der Waals surface area contributed by atoms with E-state index in [1.165, 1.54) is 7.11 Å². The van der Waals surface area contributed by atoms with E-state index in [1.54, 1.807) is 36.8 Å². The van der Waals surface area contributed by atoms with Crippen LogP contribution in [0, 0.1) is 6.92 Å². The lowest BCUT2D eigenvalue weighted by Crippen LogP contribution is -2.25. The number of esters is 1. The number of methoxy groups -OCH3 is 1. The quantitative estimate of drug-likeness (QED) is 0.846. The molecule has 0 fully saturated rings. The van der Waals surface area contributed by atoms with Gasteiger partial charge in [0.05, 0.1) is 7.11 Å². The minimum absolute atomic E-state index is 0.0200. The number of aryl methyl sites for hydroxylation is 1. The maximum atomic E-state index is 12.4. The van der Waals surface area contributed by atoms with E-state index < -0.39 is 16.0 Å². The van der Waals surface area contributed by atoms with Gasteiger partial charge in [0.2, 0.25) is 10.0 Å². The van der Waals surface area contributed by atoms with Crippen LogP contribution >= 0.6 is 11.3 Å². The number of hydrogen-bond donors (Lipinski definition) is 1. The number of carbonyl (C=O) groups is 1. The summed E-state index contributed by atoms with van der Waals surface area (Å²) in [6, 6.07) is 3.43. The molecule has 0 saturated carbocycles. The largest absolute Gasteiger partial charge is 0.465 e. The number of aromatic nitrogens is 1. The summed E-state index contributed by atoms with van der Waals surface area (Å²) in [5.41, 5.74) is 1.30. The Morgan fingerprint density at radius 3 is 2.67 bits per heavy atom. The first-order chi connectivity index (χ1) is 9.95. The van der Waals surface area contributed by atoms with E-state index in [2.05, 4.69) is 14.4 Å². The molecule has 0 atom stereocenters. The third kappa shape index (κ3) is 3.46. The molecule has 0 radical (unpaired) electrons. The van der Waals surface area contributed by atoms with Crippen molar-refractivity contribution in [3.8, 4) is 0 Å². The van der Waals surface area contributed by atoms with Crippen LogP contribution in [0.25, 0.3) is 0 Å². The first-order valence-corrected chi connectivity index (χ1v) is 8.37. The lowest BCUT2D eigenvalue weighted by Gasteiger charge is -2.08. The third-order valence-corrected chi connectivity index (χ3v) is 5.57. The predicted molar refractivity (Wildman–Crippen MR) is 78.7 cm³/mol. The number of hydrogen-bond acceptors (Lipinski definition) is 6. The van der Waals surface area contributed by atoms with Crippen molar-refractivity contribution < 1.29 is 17.9 Å². The number of sulfonamides is 1. The number of rotatable bonds is 5. The Hall–Kier alpha value is -1.77. The topological polar surface area (TPSA) is 85.4 Å². The molecule has 2 aromatic rings. The highest BCUT2D eigenvalue weighted by Gasteiger charge is 2.27. The number of pyridine rings is 1. The van der Waals surface area contributed by atoms with Gasteiger partial charge >= 0.3 is 5.97 Å². The summed E-state index contributed by atoms with van der Waals surface area (Å²) in [5, 5.41) is 1.62. The zero-order chi connectivity index (χ0) is 15.5. The van der Waals surface area contributed by atoms with Crippen LogP contribution in [-0.2, 0) is 21.3 Å². The van der Waals surface area contributed by atoms with Crippen LogP contribution < -0.4 is 4.72 Å². The molecule has 0 aliphatic carbocycles. The minimum Gasteiger partial charge on any atom is -0.465 e. The molecule has 112 valence electrons. The van der Waals surface area contributed by atoms with E-state index in [9.17, 15) is 13.2 Å². The van der Waals surface area contributed by atoms with Gasteiger partial charge in [-0.1, -0.05) is 0 Å². The molecule has 1 N–H and O–H groups in total. The molecule has 0 saturated heterocycles. The normalized spacial score (nSPS) is 11.3. The van der Waals surface area contributed by atoms with Crippen molar-refractivity contribution in [1.29, 1.82) is 0 Å². The van der Waals surface area contributed by atoms with Gasteiger partial charge in [-0.25, -0.2) is 17.9 Å². The highest BCUT2D eigenvalue weighted by Crippen LogP contribution is 2.27. The summed E-state index contributed by atoms with van der Waals surface area (Å²) in [6.07, 6.45) is 3.17. The van der Waals surface area contributed by atoms with Crippen LogP contribution in [0.15, 0.2) is 34.8 Å². The molecule has 0 aliphatic heterocycles. The average molecular weight is 326 g/mol. The van der Waals surface area contributed by atoms with Crippen LogP contribution in [-0.4, -0.2) is 26.5 Å². The van der Waals surface area contributed by atoms with Gasteiger partial charge in [-0.3, -0.25) is 4.98 Å². The van der Waals surface area contributed by atoms with Crippen molar-refractivity contribution in [2.24, 2.45) is 0 Å². The monoisotopic (exact) mass is 326 g/mol. The average Bonchev–Trinajstić information content (AvgIpc) is 2.88. The van der Waals surface area contributed by atoms with Gasteiger partial charge in [-0.05, 0) is 35.6 Å². The Morgan fingerprint density at radius 1 is 1.38 bits per heavy atom. The van der Waals surface area contributed by atoms with Crippen molar-refractivity contribution in [2.75, 3.05) is 7.11 Å². The van der Waals surface area contributed by atoms with Crippen molar-refractivity contribution in [1.82, 2.24) is 9.71 Å². The molecular formula is C13H14N2O4S2. The molecule has 2 heterocycles. The molecule has 0 aromatic carbocycles. The summed E-state index contributed by atoms with van der Waals surface area (Å²) in [4.78, 5) is 15.6. The maximum absolute atomic E-state index is 12.4. The van der Waals surface area contributed by atoms with E-state index in [1.807, 2.05) is 0 Å². The Labute approximate surface area is 126 Å². The zero-order valence-corrected chi connectivity index (χ0v) is 13.1. The van der Waals surface area contributed by atoms with Crippen molar-refractivity contribution in [2.45, 2.75) is 18.4 Å². The van der Waals surface area contributed by atoms with Crippen LogP contribution in [0.4, 0.5) is 0 Å². The third-order valence-electron chi connectivity index (χ3n) is 2.77.